The van der Waals surface area contributed by atoms with Crippen LogP contribution in [0, 0.1) is 6.92 Å². The Morgan fingerprint density at radius 2 is 1.76 bits per heavy atom. The average molecular weight is 766 g/mol. The van der Waals surface area contributed by atoms with Crippen molar-refractivity contribution in [1.29, 1.82) is 0 Å². The third-order valence-electron chi connectivity index (χ3n) is 8.57. The van der Waals surface area contributed by atoms with Crippen molar-refractivity contribution in [1.82, 2.24) is 29.3 Å². The second-order valence-corrected chi connectivity index (χ2v) is 12.9. The summed E-state index contributed by atoms with van der Waals surface area (Å²) in [6, 6.07) is 19.4. The summed E-state index contributed by atoms with van der Waals surface area (Å²) in [5.41, 5.74) is 2.76. The number of aryl methyl sites for hydroxylation is 1. The highest BCUT2D eigenvalue weighted by Crippen LogP contribution is 2.28. The van der Waals surface area contributed by atoms with Crippen LogP contribution in [0.4, 0.5) is 13.2 Å². The van der Waals surface area contributed by atoms with Gasteiger partial charge in [-0.1, -0.05) is 40.2 Å². The number of aliphatic hydroxyl groups is 1. The van der Waals surface area contributed by atoms with Crippen LogP contribution in [0.2, 0.25) is 0 Å². The number of carbonyl (C=O) groups is 2. The van der Waals surface area contributed by atoms with E-state index in [2.05, 4.69) is 31.2 Å². The number of rotatable bonds is 9. The first kappa shape index (κ1) is 35.5. The van der Waals surface area contributed by atoms with Gasteiger partial charge in [-0.25, -0.2) is 14.8 Å². The SMILES string of the molecule is Cc1cc(C(=O)N2Cc3c(C(=O)NCc4ccccc4-c4ncccn4)n(-c4ccc(OC[C@H](O)C(F)(F)F)cc4)c(=O)n3C[C@H]2C)ccc1Br. The molecule has 2 aromatic heterocycles. The molecule has 0 saturated carbocycles. The molecule has 0 radical (unpaired) electrons. The highest BCUT2D eigenvalue weighted by Gasteiger charge is 2.39. The zero-order chi connectivity index (χ0) is 36.4. The van der Waals surface area contributed by atoms with Gasteiger partial charge in [-0.3, -0.25) is 18.7 Å². The van der Waals surface area contributed by atoms with Crippen molar-refractivity contribution in [3.05, 3.63) is 128 Å². The number of nitrogens with one attached hydrogen (secondary N) is 1. The van der Waals surface area contributed by atoms with Crippen molar-refractivity contribution in [3.63, 3.8) is 0 Å². The van der Waals surface area contributed by atoms with Gasteiger partial charge in [-0.05, 0) is 73.5 Å². The van der Waals surface area contributed by atoms with Crippen molar-refractivity contribution < 1.29 is 32.6 Å². The fraction of sp³-hybridized carbons (Fsp3) is 0.250. The second kappa shape index (κ2) is 14.5. The number of imidazole rings is 1. The molecule has 51 heavy (non-hydrogen) atoms. The highest BCUT2D eigenvalue weighted by molar-refractivity contribution is 9.10. The lowest BCUT2D eigenvalue weighted by atomic mass is 10.1. The molecule has 1 aliphatic heterocycles. The van der Waals surface area contributed by atoms with E-state index in [1.165, 1.54) is 33.4 Å². The number of halogens is 4. The van der Waals surface area contributed by atoms with Crippen molar-refractivity contribution in [2.24, 2.45) is 0 Å². The van der Waals surface area contributed by atoms with Gasteiger partial charge in [0.2, 0.25) is 0 Å². The molecule has 5 aromatic rings. The Morgan fingerprint density at radius 1 is 1.06 bits per heavy atom. The number of alkyl halides is 3. The van der Waals surface area contributed by atoms with Crippen LogP contribution in [0.15, 0.2) is 94.5 Å². The summed E-state index contributed by atoms with van der Waals surface area (Å²) in [4.78, 5) is 52.4. The molecule has 2 N–H and O–H groups in total. The summed E-state index contributed by atoms with van der Waals surface area (Å²) in [5.74, 6) is -0.383. The fourth-order valence-corrected chi connectivity index (χ4v) is 6.10. The summed E-state index contributed by atoms with van der Waals surface area (Å²) in [6.45, 7) is 2.78. The lowest BCUT2D eigenvalue weighted by Gasteiger charge is -2.34. The van der Waals surface area contributed by atoms with Gasteiger partial charge in [0, 0.05) is 47.1 Å². The molecular weight excluding hydrogens is 733 g/mol. The predicted molar refractivity (Wildman–Crippen MR) is 184 cm³/mol. The summed E-state index contributed by atoms with van der Waals surface area (Å²) in [5, 5.41) is 12.2. The van der Waals surface area contributed by atoms with Crippen LogP contribution < -0.4 is 15.7 Å². The van der Waals surface area contributed by atoms with Crippen molar-refractivity contribution in [2.45, 2.75) is 51.8 Å². The van der Waals surface area contributed by atoms with Crippen LogP contribution >= 0.6 is 15.9 Å². The Morgan fingerprint density at radius 3 is 2.45 bits per heavy atom. The summed E-state index contributed by atoms with van der Waals surface area (Å²) < 4.78 is 47.0. The van der Waals surface area contributed by atoms with Gasteiger partial charge >= 0.3 is 11.9 Å². The van der Waals surface area contributed by atoms with E-state index in [0.29, 0.717) is 22.6 Å². The molecule has 0 saturated heterocycles. The normalized spacial score (nSPS) is 14.9. The Hall–Kier alpha value is -5.28. The maximum absolute atomic E-state index is 14.2. The summed E-state index contributed by atoms with van der Waals surface area (Å²) in [6.07, 6.45) is -4.30. The van der Waals surface area contributed by atoms with Gasteiger partial charge in [0.1, 0.15) is 18.1 Å². The second-order valence-electron chi connectivity index (χ2n) is 12.0. The Labute approximate surface area is 298 Å². The quantitative estimate of drug-likeness (QED) is 0.204. The zero-order valence-corrected chi connectivity index (χ0v) is 29.0. The minimum Gasteiger partial charge on any atom is -0.491 e. The molecule has 0 fully saturated rings. The highest BCUT2D eigenvalue weighted by atomic mass is 79.9. The first-order valence-corrected chi connectivity index (χ1v) is 16.7. The standard InChI is InChI=1S/C36H32BrF3N6O5/c1-21-16-23(8-13-28(21)37)34(49)44-19-29-31(33(48)43-17-24-6-3-4-7-27(24)32-41-14-5-15-42-32)46(35(50)45(29)18-22(44)2)25-9-11-26(12-10-25)51-20-30(47)36(38,39)40/h3-16,22,30,47H,17-20H2,1-2H3,(H,43,48)/t22-,30+/m1/s1. The third-order valence-corrected chi connectivity index (χ3v) is 9.46. The topological polar surface area (TPSA) is 132 Å². The smallest absolute Gasteiger partial charge is 0.417 e. The summed E-state index contributed by atoms with van der Waals surface area (Å²) >= 11 is 3.46. The molecule has 1 aliphatic rings. The maximum atomic E-state index is 14.2. The number of ether oxygens (including phenoxy) is 1. The lowest BCUT2D eigenvalue weighted by Crippen LogP contribution is -2.47. The first-order valence-electron chi connectivity index (χ1n) is 15.9. The van der Waals surface area contributed by atoms with Crippen LogP contribution in [-0.2, 0) is 19.6 Å². The predicted octanol–water partition coefficient (Wildman–Crippen LogP) is 5.44. The van der Waals surface area contributed by atoms with Gasteiger partial charge in [-0.15, -0.1) is 0 Å². The molecule has 0 aliphatic carbocycles. The van der Waals surface area contributed by atoms with E-state index in [9.17, 15) is 32.7 Å². The molecule has 3 aromatic carbocycles. The molecule has 264 valence electrons. The van der Waals surface area contributed by atoms with E-state index in [1.807, 2.05) is 38.1 Å². The van der Waals surface area contributed by atoms with Crippen LogP contribution in [0.1, 0.15) is 44.6 Å². The number of aliphatic hydroxyl groups excluding tert-OH is 1. The number of fused-ring (bicyclic) bond motifs is 1. The Kier molecular flexibility index (Phi) is 10.1. The molecule has 3 heterocycles. The number of aromatic nitrogens is 4. The first-order chi connectivity index (χ1) is 24.3. The molecule has 2 amide bonds. The van der Waals surface area contributed by atoms with Gasteiger partial charge in [0.15, 0.2) is 11.9 Å². The number of hydrogen-bond donors (Lipinski definition) is 2. The van der Waals surface area contributed by atoms with Crippen molar-refractivity contribution in [3.8, 4) is 22.8 Å². The van der Waals surface area contributed by atoms with E-state index in [1.54, 1.807) is 41.6 Å². The minimum absolute atomic E-state index is 0.00806. The molecule has 2 atom stereocenters. The zero-order valence-electron chi connectivity index (χ0n) is 27.4. The fourth-order valence-electron chi connectivity index (χ4n) is 5.86. The molecule has 11 nitrogen and oxygen atoms in total. The molecule has 0 spiro atoms. The molecule has 15 heteroatoms. The molecular formula is C36H32BrF3N6O5. The molecule has 0 unspecified atom stereocenters. The number of carbonyl (C=O) groups excluding carboxylic acids is 2. The van der Waals surface area contributed by atoms with Crippen LogP contribution in [-0.4, -0.2) is 65.9 Å². The number of amides is 2. The average Bonchev–Trinajstić information content (AvgIpc) is 3.41. The van der Waals surface area contributed by atoms with Crippen LogP contribution in [0.5, 0.6) is 5.75 Å². The number of benzene rings is 3. The van der Waals surface area contributed by atoms with Crippen molar-refractivity contribution >= 4 is 27.7 Å². The Bertz CT molecular complexity index is 2140. The number of hydrogen-bond acceptors (Lipinski definition) is 7. The monoisotopic (exact) mass is 764 g/mol. The minimum atomic E-state index is -4.85. The molecule has 6 rings (SSSR count). The van der Waals surface area contributed by atoms with Crippen LogP contribution in [0.25, 0.3) is 17.1 Å². The molecule has 0 bridgehead atoms. The van der Waals surface area contributed by atoms with E-state index in [4.69, 9.17) is 4.74 Å². The third kappa shape index (κ3) is 7.44. The van der Waals surface area contributed by atoms with Gasteiger partial charge < -0.3 is 20.1 Å². The van der Waals surface area contributed by atoms with E-state index in [-0.39, 0.29) is 42.7 Å². The maximum Gasteiger partial charge on any atom is 0.417 e. The summed E-state index contributed by atoms with van der Waals surface area (Å²) in [7, 11) is 0. The van der Waals surface area contributed by atoms with Gasteiger partial charge in [0.05, 0.1) is 17.9 Å². The van der Waals surface area contributed by atoms with Gasteiger partial charge in [0.25, 0.3) is 11.8 Å². The van der Waals surface area contributed by atoms with E-state index < -0.39 is 36.5 Å². The van der Waals surface area contributed by atoms with E-state index in [0.717, 1.165) is 15.6 Å². The number of nitrogens with zero attached hydrogens (tertiary/aromatic N) is 5. The van der Waals surface area contributed by atoms with Gasteiger partial charge in [-0.2, -0.15) is 13.2 Å². The van der Waals surface area contributed by atoms with Crippen molar-refractivity contribution in [2.75, 3.05) is 6.61 Å². The Balaban J connectivity index is 1.36. The largest absolute Gasteiger partial charge is 0.491 e. The van der Waals surface area contributed by atoms with Crippen LogP contribution in [0.3, 0.4) is 0 Å². The van der Waals surface area contributed by atoms with E-state index >= 15 is 0 Å². The lowest BCUT2D eigenvalue weighted by molar-refractivity contribution is -0.210.